The van der Waals surface area contributed by atoms with Crippen LogP contribution in [0.2, 0.25) is 0 Å². The fourth-order valence-electron chi connectivity index (χ4n) is 1.83. The SMILES string of the molecule is CCNC(C)/C(C)=C/c1ccc(OC)c(OC(F)F)c1. The molecule has 1 unspecified atom stereocenters. The van der Waals surface area contributed by atoms with Gasteiger partial charge < -0.3 is 14.8 Å². The Balaban J connectivity index is 2.99. The Bertz CT molecular complexity index is 461. The van der Waals surface area contributed by atoms with E-state index in [1.165, 1.54) is 7.11 Å². The third-order valence-corrected chi connectivity index (χ3v) is 2.99. The molecule has 1 aromatic carbocycles. The van der Waals surface area contributed by atoms with Crippen molar-refractivity contribution in [2.75, 3.05) is 13.7 Å². The summed E-state index contributed by atoms with van der Waals surface area (Å²) in [5.41, 5.74) is 1.91. The lowest BCUT2D eigenvalue weighted by atomic mass is 10.1. The number of ether oxygens (including phenoxy) is 2. The molecule has 0 aliphatic heterocycles. The van der Waals surface area contributed by atoms with Crippen molar-refractivity contribution in [1.29, 1.82) is 0 Å². The lowest BCUT2D eigenvalue weighted by Gasteiger charge is -2.14. The van der Waals surface area contributed by atoms with Gasteiger partial charge in [-0.15, -0.1) is 0 Å². The minimum absolute atomic E-state index is 0.0418. The molecule has 20 heavy (non-hydrogen) atoms. The van der Waals surface area contributed by atoms with Crippen LogP contribution >= 0.6 is 0 Å². The topological polar surface area (TPSA) is 30.5 Å². The third kappa shape index (κ3) is 4.81. The van der Waals surface area contributed by atoms with Gasteiger partial charge in [0.15, 0.2) is 11.5 Å². The average Bonchev–Trinajstić information content (AvgIpc) is 2.38. The second-order valence-electron chi connectivity index (χ2n) is 4.46. The van der Waals surface area contributed by atoms with Crippen molar-refractivity contribution in [1.82, 2.24) is 5.32 Å². The number of nitrogens with one attached hydrogen (secondary N) is 1. The molecule has 0 saturated heterocycles. The number of rotatable bonds is 7. The number of methoxy groups -OCH3 is 1. The average molecular weight is 285 g/mol. The van der Waals surface area contributed by atoms with E-state index in [4.69, 9.17) is 4.74 Å². The summed E-state index contributed by atoms with van der Waals surface area (Å²) in [5.74, 6) is 0.333. The van der Waals surface area contributed by atoms with Crippen LogP contribution < -0.4 is 14.8 Å². The van der Waals surface area contributed by atoms with E-state index in [0.29, 0.717) is 5.75 Å². The van der Waals surface area contributed by atoms with Gasteiger partial charge in [0.2, 0.25) is 0 Å². The summed E-state index contributed by atoms with van der Waals surface area (Å²) in [6.07, 6.45) is 1.94. The van der Waals surface area contributed by atoms with Crippen molar-refractivity contribution in [3.63, 3.8) is 0 Å². The Morgan fingerprint density at radius 2 is 2.05 bits per heavy atom. The molecule has 0 aliphatic carbocycles. The molecule has 0 aliphatic rings. The Hall–Kier alpha value is -1.62. The summed E-state index contributed by atoms with van der Waals surface area (Å²) in [4.78, 5) is 0. The highest BCUT2D eigenvalue weighted by molar-refractivity contribution is 5.58. The lowest BCUT2D eigenvalue weighted by Crippen LogP contribution is -2.26. The second kappa shape index (κ2) is 7.85. The molecule has 3 nitrogen and oxygen atoms in total. The Kier molecular flexibility index (Phi) is 6.45. The zero-order valence-corrected chi connectivity index (χ0v) is 12.2. The van der Waals surface area contributed by atoms with Gasteiger partial charge in [-0.05, 0) is 38.1 Å². The molecule has 0 bridgehead atoms. The molecule has 0 aromatic heterocycles. The van der Waals surface area contributed by atoms with Crippen LogP contribution in [0, 0.1) is 0 Å². The normalized spacial score (nSPS) is 13.4. The highest BCUT2D eigenvalue weighted by Gasteiger charge is 2.11. The maximum atomic E-state index is 12.4. The number of hydrogen-bond donors (Lipinski definition) is 1. The van der Waals surface area contributed by atoms with E-state index in [1.54, 1.807) is 18.2 Å². The minimum atomic E-state index is -2.87. The molecule has 0 spiro atoms. The lowest BCUT2D eigenvalue weighted by molar-refractivity contribution is -0.0512. The van der Waals surface area contributed by atoms with Crippen LogP contribution in [0.5, 0.6) is 11.5 Å². The van der Waals surface area contributed by atoms with Crippen LogP contribution in [0.4, 0.5) is 8.78 Å². The van der Waals surface area contributed by atoms with Gasteiger partial charge in [-0.25, -0.2) is 0 Å². The van der Waals surface area contributed by atoms with E-state index in [0.717, 1.165) is 17.7 Å². The standard InChI is InChI=1S/C15H21F2NO2/c1-5-18-11(3)10(2)8-12-6-7-13(19-4)14(9-12)20-15(16)17/h6-9,11,15,18H,5H2,1-4H3/b10-8+. The smallest absolute Gasteiger partial charge is 0.387 e. The van der Waals surface area contributed by atoms with Crippen molar-refractivity contribution in [3.05, 3.63) is 29.3 Å². The number of likely N-dealkylation sites (N-methyl/N-ethyl adjacent to an activating group) is 1. The van der Waals surface area contributed by atoms with Gasteiger partial charge in [0, 0.05) is 6.04 Å². The maximum Gasteiger partial charge on any atom is 0.387 e. The summed E-state index contributed by atoms with van der Waals surface area (Å²) in [5, 5.41) is 3.29. The van der Waals surface area contributed by atoms with E-state index < -0.39 is 6.61 Å². The fraction of sp³-hybridized carbons (Fsp3) is 0.467. The van der Waals surface area contributed by atoms with Crippen LogP contribution in [0.1, 0.15) is 26.3 Å². The Labute approximate surface area is 118 Å². The van der Waals surface area contributed by atoms with Crippen molar-refractivity contribution in [3.8, 4) is 11.5 Å². The second-order valence-corrected chi connectivity index (χ2v) is 4.46. The Morgan fingerprint density at radius 1 is 1.35 bits per heavy atom. The van der Waals surface area contributed by atoms with E-state index in [-0.39, 0.29) is 11.8 Å². The van der Waals surface area contributed by atoms with Crippen LogP contribution in [-0.4, -0.2) is 26.3 Å². The minimum Gasteiger partial charge on any atom is -0.493 e. The molecule has 0 fully saturated rings. The van der Waals surface area contributed by atoms with Gasteiger partial charge in [-0.2, -0.15) is 8.78 Å². The first-order chi connectivity index (χ1) is 9.47. The van der Waals surface area contributed by atoms with Gasteiger partial charge in [-0.3, -0.25) is 0 Å². The molecular weight excluding hydrogens is 264 g/mol. The first kappa shape index (κ1) is 16.4. The summed E-state index contributed by atoms with van der Waals surface area (Å²) < 4.78 is 34.2. The largest absolute Gasteiger partial charge is 0.493 e. The van der Waals surface area contributed by atoms with E-state index in [2.05, 4.69) is 17.0 Å². The Morgan fingerprint density at radius 3 is 2.60 bits per heavy atom. The molecular formula is C15H21F2NO2. The van der Waals surface area contributed by atoms with Crippen molar-refractivity contribution in [2.24, 2.45) is 0 Å². The van der Waals surface area contributed by atoms with Gasteiger partial charge in [-0.1, -0.05) is 24.6 Å². The first-order valence-corrected chi connectivity index (χ1v) is 6.52. The quantitative estimate of drug-likeness (QED) is 0.828. The molecule has 0 amide bonds. The summed E-state index contributed by atoms with van der Waals surface area (Å²) in [6.45, 7) is 4.08. The predicted molar refractivity (Wildman–Crippen MR) is 76.4 cm³/mol. The highest BCUT2D eigenvalue weighted by atomic mass is 19.3. The van der Waals surface area contributed by atoms with E-state index in [9.17, 15) is 8.78 Å². The van der Waals surface area contributed by atoms with Crippen molar-refractivity contribution >= 4 is 6.08 Å². The summed E-state index contributed by atoms with van der Waals surface area (Å²) in [7, 11) is 1.42. The number of benzene rings is 1. The molecule has 0 saturated carbocycles. The van der Waals surface area contributed by atoms with Crippen LogP contribution in [0.15, 0.2) is 23.8 Å². The fourth-order valence-corrected chi connectivity index (χ4v) is 1.83. The monoisotopic (exact) mass is 285 g/mol. The van der Waals surface area contributed by atoms with Gasteiger partial charge in [0.25, 0.3) is 0 Å². The molecule has 0 heterocycles. The van der Waals surface area contributed by atoms with Crippen LogP contribution in [0.3, 0.4) is 0 Å². The molecule has 1 aromatic rings. The van der Waals surface area contributed by atoms with E-state index >= 15 is 0 Å². The maximum absolute atomic E-state index is 12.4. The molecule has 1 atom stereocenters. The van der Waals surface area contributed by atoms with E-state index in [1.807, 2.05) is 19.9 Å². The predicted octanol–water partition coefficient (Wildman–Crippen LogP) is 3.70. The molecule has 1 N–H and O–H groups in total. The number of hydrogen-bond acceptors (Lipinski definition) is 3. The number of halogens is 2. The van der Waals surface area contributed by atoms with Gasteiger partial charge in [0.1, 0.15) is 0 Å². The molecule has 5 heteroatoms. The van der Waals surface area contributed by atoms with Crippen molar-refractivity contribution in [2.45, 2.75) is 33.4 Å². The van der Waals surface area contributed by atoms with Gasteiger partial charge >= 0.3 is 6.61 Å². The highest BCUT2D eigenvalue weighted by Crippen LogP contribution is 2.30. The van der Waals surface area contributed by atoms with Crippen LogP contribution in [-0.2, 0) is 0 Å². The van der Waals surface area contributed by atoms with Gasteiger partial charge in [0.05, 0.1) is 7.11 Å². The zero-order valence-electron chi connectivity index (χ0n) is 12.2. The molecule has 0 radical (unpaired) electrons. The zero-order chi connectivity index (χ0) is 15.1. The number of alkyl halides is 2. The summed E-state index contributed by atoms with van der Waals surface area (Å²) in [6, 6.07) is 5.20. The summed E-state index contributed by atoms with van der Waals surface area (Å²) >= 11 is 0. The molecule has 112 valence electrons. The van der Waals surface area contributed by atoms with Crippen molar-refractivity contribution < 1.29 is 18.3 Å². The van der Waals surface area contributed by atoms with Crippen LogP contribution in [0.25, 0.3) is 6.08 Å². The first-order valence-electron chi connectivity index (χ1n) is 6.52. The third-order valence-electron chi connectivity index (χ3n) is 2.99. The molecule has 1 rings (SSSR count).